The maximum atomic E-state index is 13.6. The average Bonchev–Trinajstić information content (AvgIpc) is 3.34. The number of furan rings is 1. The number of nitrogens with zero attached hydrogens (tertiary/aromatic N) is 3. The number of rotatable bonds is 5. The standard InChI is InChI=1S/C30H18ClN3O3/c1-2-15-36-27-13-11-19-7-3-4-8-22(19)24(27)18-32-34-29(33-25-10-6-5-9-23(25)30(34)35)28-17-20-16-21(31)12-14-26(20)37-28/h1,3-14,16-18H,15H2. The van der Waals surface area contributed by atoms with Crippen molar-refractivity contribution in [1.29, 1.82) is 0 Å². The van der Waals surface area contributed by atoms with Gasteiger partial charge < -0.3 is 9.15 Å². The Morgan fingerprint density at radius 2 is 1.81 bits per heavy atom. The summed E-state index contributed by atoms with van der Waals surface area (Å²) in [6.07, 6.45) is 7.01. The van der Waals surface area contributed by atoms with Crippen LogP contribution in [0.15, 0.2) is 99.2 Å². The predicted octanol–water partition coefficient (Wildman–Crippen LogP) is 6.51. The van der Waals surface area contributed by atoms with E-state index in [-0.39, 0.29) is 18.0 Å². The molecule has 6 nitrogen and oxygen atoms in total. The van der Waals surface area contributed by atoms with Gasteiger partial charge in [-0.15, -0.1) is 6.42 Å². The van der Waals surface area contributed by atoms with E-state index in [1.165, 1.54) is 4.68 Å². The first-order valence-electron chi connectivity index (χ1n) is 11.5. The summed E-state index contributed by atoms with van der Waals surface area (Å²) in [5.74, 6) is 3.70. The van der Waals surface area contributed by atoms with Crippen LogP contribution in [0.3, 0.4) is 0 Å². The summed E-state index contributed by atoms with van der Waals surface area (Å²) in [7, 11) is 0. The van der Waals surface area contributed by atoms with E-state index in [1.54, 1.807) is 48.7 Å². The SMILES string of the molecule is C#CCOc1ccc2ccccc2c1C=Nn1c(-c2cc3cc(Cl)ccc3o2)nc2ccccc2c1=O. The molecule has 0 aliphatic rings. The van der Waals surface area contributed by atoms with E-state index in [0.29, 0.717) is 38.6 Å². The second-order valence-corrected chi connectivity index (χ2v) is 8.73. The maximum absolute atomic E-state index is 13.6. The Morgan fingerprint density at radius 3 is 2.68 bits per heavy atom. The smallest absolute Gasteiger partial charge is 0.282 e. The Balaban J connectivity index is 1.59. The third-order valence-corrected chi connectivity index (χ3v) is 6.23. The van der Waals surface area contributed by atoms with Crippen molar-refractivity contribution in [3.05, 3.63) is 106 Å². The van der Waals surface area contributed by atoms with Gasteiger partial charge in [0, 0.05) is 16.0 Å². The number of fused-ring (bicyclic) bond motifs is 3. The minimum atomic E-state index is -0.332. The summed E-state index contributed by atoms with van der Waals surface area (Å²) in [6, 6.07) is 25.9. The van der Waals surface area contributed by atoms with Crippen molar-refractivity contribution in [3.63, 3.8) is 0 Å². The molecule has 0 bridgehead atoms. The van der Waals surface area contributed by atoms with Gasteiger partial charge >= 0.3 is 0 Å². The van der Waals surface area contributed by atoms with Gasteiger partial charge in [-0.25, -0.2) is 4.98 Å². The summed E-state index contributed by atoms with van der Waals surface area (Å²) in [5, 5.41) is 8.32. The first kappa shape index (κ1) is 22.6. The molecule has 0 fully saturated rings. The Labute approximate surface area is 216 Å². The van der Waals surface area contributed by atoms with Crippen molar-refractivity contribution in [2.24, 2.45) is 5.10 Å². The van der Waals surface area contributed by atoms with Crippen LogP contribution in [0.2, 0.25) is 5.02 Å². The van der Waals surface area contributed by atoms with Gasteiger partial charge in [0.05, 0.1) is 17.1 Å². The van der Waals surface area contributed by atoms with E-state index >= 15 is 0 Å². The molecule has 0 aliphatic heterocycles. The minimum Gasteiger partial charge on any atom is -0.480 e. The molecule has 0 aliphatic carbocycles. The molecule has 2 aromatic heterocycles. The summed E-state index contributed by atoms with van der Waals surface area (Å²) in [5.41, 5.74) is 1.52. The average molecular weight is 504 g/mol. The van der Waals surface area contributed by atoms with Crippen LogP contribution in [-0.4, -0.2) is 22.5 Å². The molecule has 0 unspecified atom stereocenters. The molecule has 0 spiro atoms. The molecule has 0 atom stereocenters. The van der Waals surface area contributed by atoms with Crippen LogP contribution in [0.5, 0.6) is 5.75 Å². The fourth-order valence-electron chi connectivity index (χ4n) is 4.28. The molecule has 0 N–H and O–H groups in total. The highest BCUT2D eigenvalue weighted by atomic mass is 35.5. The van der Waals surface area contributed by atoms with E-state index in [0.717, 1.165) is 16.2 Å². The highest BCUT2D eigenvalue weighted by Gasteiger charge is 2.17. The molecule has 178 valence electrons. The second-order valence-electron chi connectivity index (χ2n) is 8.30. The topological polar surface area (TPSA) is 69.6 Å². The van der Waals surface area contributed by atoms with E-state index in [1.807, 2.05) is 42.5 Å². The molecule has 6 aromatic rings. The van der Waals surface area contributed by atoms with Crippen molar-refractivity contribution in [2.45, 2.75) is 0 Å². The highest BCUT2D eigenvalue weighted by Crippen LogP contribution is 2.30. The number of hydrogen-bond donors (Lipinski definition) is 0. The molecule has 7 heteroatoms. The van der Waals surface area contributed by atoms with Crippen LogP contribution < -0.4 is 10.3 Å². The second kappa shape index (κ2) is 9.30. The van der Waals surface area contributed by atoms with Gasteiger partial charge in [0.15, 0.2) is 5.76 Å². The minimum absolute atomic E-state index is 0.101. The van der Waals surface area contributed by atoms with Crippen molar-refractivity contribution in [1.82, 2.24) is 9.66 Å². The van der Waals surface area contributed by atoms with Crippen molar-refractivity contribution < 1.29 is 9.15 Å². The Hall–Kier alpha value is -4.86. The monoisotopic (exact) mass is 503 g/mol. The van der Waals surface area contributed by atoms with Gasteiger partial charge in [0.1, 0.15) is 17.9 Å². The van der Waals surface area contributed by atoms with Crippen LogP contribution in [0.4, 0.5) is 0 Å². The molecule has 2 heterocycles. The lowest BCUT2D eigenvalue weighted by molar-refractivity contribution is 0.370. The van der Waals surface area contributed by atoms with Gasteiger partial charge in [-0.2, -0.15) is 9.78 Å². The van der Waals surface area contributed by atoms with E-state index in [9.17, 15) is 4.79 Å². The molecule has 0 saturated heterocycles. The first-order chi connectivity index (χ1) is 18.1. The van der Waals surface area contributed by atoms with Gasteiger partial charge in [-0.1, -0.05) is 60.0 Å². The molecule has 0 saturated carbocycles. The van der Waals surface area contributed by atoms with Crippen LogP contribution in [0.1, 0.15) is 5.56 Å². The van der Waals surface area contributed by atoms with Crippen LogP contribution in [0.25, 0.3) is 44.2 Å². The summed E-state index contributed by atoms with van der Waals surface area (Å²) >= 11 is 6.16. The maximum Gasteiger partial charge on any atom is 0.282 e. The fraction of sp³-hybridized carbons (Fsp3) is 0.0333. The molecule has 0 amide bonds. The van der Waals surface area contributed by atoms with Gasteiger partial charge in [-0.05, 0) is 53.2 Å². The van der Waals surface area contributed by atoms with Gasteiger partial charge in [0.2, 0.25) is 5.82 Å². The molecular weight excluding hydrogens is 486 g/mol. The van der Waals surface area contributed by atoms with Gasteiger partial charge in [0.25, 0.3) is 5.56 Å². The van der Waals surface area contributed by atoms with Crippen molar-refractivity contribution >= 4 is 50.5 Å². The molecular formula is C30H18ClN3O3. The normalized spacial score (nSPS) is 11.5. The van der Waals surface area contributed by atoms with Gasteiger partial charge in [-0.3, -0.25) is 4.79 Å². The van der Waals surface area contributed by atoms with Crippen LogP contribution in [0, 0.1) is 12.3 Å². The van der Waals surface area contributed by atoms with Crippen molar-refractivity contribution in [2.75, 3.05) is 6.61 Å². The Morgan fingerprint density at radius 1 is 1.00 bits per heavy atom. The van der Waals surface area contributed by atoms with E-state index in [2.05, 4.69) is 11.0 Å². The van der Waals surface area contributed by atoms with E-state index < -0.39 is 0 Å². The lowest BCUT2D eigenvalue weighted by atomic mass is 10.0. The Bertz CT molecular complexity index is 1950. The largest absolute Gasteiger partial charge is 0.480 e. The lowest BCUT2D eigenvalue weighted by Gasteiger charge is -2.11. The zero-order valence-corrected chi connectivity index (χ0v) is 20.1. The fourth-order valence-corrected chi connectivity index (χ4v) is 4.46. The predicted molar refractivity (Wildman–Crippen MR) is 147 cm³/mol. The number of ether oxygens (including phenoxy) is 1. The number of hydrogen-bond acceptors (Lipinski definition) is 5. The highest BCUT2D eigenvalue weighted by molar-refractivity contribution is 6.31. The third kappa shape index (κ3) is 4.12. The number of para-hydroxylation sites is 1. The van der Waals surface area contributed by atoms with Crippen LogP contribution >= 0.6 is 11.6 Å². The number of benzene rings is 4. The molecule has 4 aromatic carbocycles. The molecule has 6 rings (SSSR count). The zero-order valence-electron chi connectivity index (χ0n) is 19.4. The van der Waals surface area contributed by atoms with E-state index in [4.69, 9.17) is 32.2 Å². The molecule has 0 radical (unpaired) electrons. The lowest BCUT2D eigenvalue weighted by Crippen LogP contribution is -2.20. The zero-order chi connectivity index (χ0) is 25.4. The number of aromatic nitrogens is 2. The summed E-state index contributed by atoms with van der Waals surface area (Å²) < 4.78 is 13.1. The summed E-state index contributed by atoms with van der Waals surface area (Å²) in [6.45, 7) is 0.101. The first-order valence-corrected chi connectivity index (χ1v) is 11.8. The quantitative estimate of drug-likeness (QED) is 0.198. The van der Waals surface area contributed by atoms with Crippen molar-refractivity contribution in [3.8, 4) is 29.7 Å². The number of terminal acetylenes is 1. The summed E-state index contributed by atoms with van der Waals surface area (Å²) in [4.78, 5) is 18.4. The third-order valence-electron chi connectivity index (χ3n) is 6.00. The van der Waals surface area contributed by atoms with Crippen LogP contribution in [-0.2, 0) is 0 Å². The molecule has 37 heavy (non-hydrogen) atoms. The Kier molecular flexibility index (Phi) is 5.68. The number of halogens is 1.